The molecule has 1 atom stereocenters. The predicted octanol–water partition coefficient (Wildman–Crippen LogP) is 1.75. The first-order valence-corrected chi connectivity index (χ1v) is 6.84. The van der Waals surface area contributed by atoms with Crippen LogP contribution in [0, 0.1) is 6.92 Å². The highest BCUT2D eigenvalue weighted by molar-refractivity contribution is 5.95. The number of nitrogens with zero attached hydrogens (tertiary/aromatic N) is 1. The Hall–Kier alpha value is -1.39. The van der Waals surface area contributed by atoms with E-state index in [1.807, 2.05) is 20.2 Å². The fourth-order valence-corrected chi connectivity index (χ4v) is 2.53. The van der Waals surface area contributed by atoms with Crippen LogP contribution in [0.15, 0.2) is 18.2 Å². The number of carbonyl (C=O) groups is 1. The Kier molecular flexibility index (Phi) is 4.56. The zero-order chi connectivity index (χ0) is 13.8. The van der Waals surface area contributed by atoms with Crippen LogP contribution < -0.4 is 10.6 Å². The van der Waals surface area contributed by atoms with Crippen molar-refractivity contribution in [1.82, 2.24) is 10.2 Å². The van der Waals surface area contributed by atoms with E-state index in [9.17, 15) is 4.79 Å². The molecule has 0 spiro atoms. The summed E-state index contributed by atoms with van der Waals surface area (Å²) in [6.07, 6.45) is 2.01. The van der Waals surface area contributed by atoms with Crippen LogP contribution in [-0.2, 0) is 11.3 Å². The molecule has 4 nitrogen and oxygen atoms in total. The second-order valence-electron chi connectivity index (χ2n) is 5.58. The van der Waals surface area contributed by atoms with Crippen LogP contribution in [-0.4, -0.2) is 37.5 Å². The molecule has 1 aliphatic heterocycles. The first kappa shape index (κ1) is 14.0. The summed E-state index contributed by atoms with van der Waals surface area (Å²) in [5, 5.41) is 6.24. The molecule has 19 heavy (non-hydrogen) atoms. The van der Waals surface area contributed by atoms with E-state index < -0.39 is 0 Å². The van der Waals surface area contributed by atoms with Crippen molar-refractivity contribution in [3.8, 4) is 0 Å². The molecule has 0 bridgehead atoms. The number of hydrogen-bond acceptors (Lipinski definition) is 3. The van der Waals surface area contributed by atoms with Crippen molar-refractivity contribution in [3.63, 3.8) is 0 Å². The Bertz CT molecular complexity index is 451. The highest BCUT2D eigenvalue weighted by Crippen LogP contribution is 2.17. The molecule has 1 heterocycles. The van der Waals surface area contributed by atoms with Gasteiger partial charge in [-0.25, -0.2) is 0 Å². The Morgan fingerprint density at radius 1 is 1.42 bits per heavy atom. The molecular weight excluding hydrogens is 238 g/mol. The Morgan fingerprint density at radius 3 is 2.84 bits per heavy atom. The van der Waals surface area contributed by atoms with Gasteiger partial charge in [-0.3, -0.25) is 4.79 Å². The summed E-state index contributed by atoms with van der Waals surface area (Å²) in [4.78, 5) is 14.2. The van der Waals surface area contributed by atoms with Crippen molar-refractivity contribution >= 4 is 11.6 Å². The van der Waals surface area contributed by atoms with Crippen LogP contribution in [0.2, 0.25) is 0 Å². The van der Waals surface area contributed by atoms with Crippen molar-refractivity contribution in [1.29, 1.82) is 0 Å². The predicted molar refractivity (Wildman–Crippen MR) is 78.2 cm³/mol. The minimum Gasteiger partial charge on any atom is -0.325 e. The molecule has 1 saturated heterocycles. The number of anilines is 1. The summed E-state index contributed by atoms with van der Waals surface area (Å²) in [6.45, 7) is 3.88. The lowest BCUT2D eigenvalue weighted by Gasteiger charge is -2.15. The summed E-state index contributed by atoms with van der Waals surface area (Å²) in [7, 11) is 4.09. The average Bonchev–Trinajstić information content (AvgIpc) is 2.79. The molecule has 4 heteroatoms. The zero-order valence-corrected chi connectivity index (χ0v) is 12.0. The molecule has 1 aliphatic rings. The van der Waals surface area contributed by atoms with E-state index in [1.54, 1.807) is 0 Å². The van der Waals surface area contributed by atoms with E-state index in [-0.39, 0.29) is 11.9 Å². The van der Waals surface area contributed by atoms with Crippen molar-refractivity contribution < 1.29 is 4.79 Å². The van der Waals surface area contributed by atoms with E-state index in [4.69, 9.17) is 0 Å². The Labute approximate surface area is 115 Å². The molecule has 2 rings (SSSR count). The van der Waals surface area contributed by atoms with Crippen LogP contribution in [0.25, 0.3) is 0 Å². The van der Waals surface area contributed by atoms with Gasteiger partial charge in [0.25, 0.3) is 0 Å². The van der Waals surface area contributed by atoms with Gasteiger partial charge in [-0.05, 0) is 63.7 Å². The molecule has 1 fully saturated rings. The molecular formula is C15H23N3O. The highest BCUT2D eigenvalue weighted by Gasteiger charge is 2.21. The molecule has 0 unspecified atom stereocenters. The average molecular weight is 261 g/mol. The third-order valence-electron chi connectivity index (χ3n) is 3.28. The largest absolute Gasteiger partial charge is 0.325 e. The van der Waals surface area contributed by atoms with E-state index in [0.29, 0.717) is 0 Å². The highest BCUT2D eigenvalue weighted by atomic mass is 16.2. The fraction of sp³-hybridized carbons (Fsp3) is 0.533. The smallest absolute Gasteiger partial charge is 0.241 e. The standard InChI is InChI=1S/C15H23N3O/c1-11-7-12(10-18(2)3)9-13(8-11)17-15(19)14-5-4-6-16-14/h7-9,14,16H,4-6,10H2,1-3H3,(H,17,19)/t14-/m0/s1. The second-order valence-corrected chi connectivity index (χ2v) is 5.58. The summed E-state index contributed by atoms with van der Waals surface area (Å²) in [5.74, 6) is 0.0823. The lowest BCUT2D eigenvalue weighted by Crippen LogP contribution is -2.35. The van der Waals surface area contributed by atoms with Gasteiger partial charge in [0.1, 0.15) is 0 Å². The number of aryl methyl sites for hydroxylation is 1. The topological polar surface area (TPSA) is 44.4 Å². The number of amides is 1. The SMILES string of the molecule is Cc1cc(CN(C)C)cc(NC(=O)[C@@H]2CCCN2)c1. The maximum atomic E-state index is 12.1. The molecule has 2 N–H and O–H groups in total. The van der Waals surface area contributed by atoms with Gasteiger partial charge < -0.3 is 15.5 Å². The van der Waals surface area contributed by atoms with Gasteiger partial charge >= 0.3 is 0 Å². The van der Waals surface area contributed by atoms with Crippen LogP contribution in [0.3, 0.4) is 0 Å². The fourth-order valence-electron chi connectivity index (χ4n) is 2.53. The number of rotatable bonds is 4. The molecule has 104 valence electrons. The lowest BCUT2D eigenvalue weighted by atomic mass is 10.1. The number of benzene rings is 1. The van der Waals surface area contributed by atoms with Gasteiger partial charge in [0, 0.05) is 12.2 Å². The Balaban J connectivity index is 2.06. The first-order chi connectivity index (χ1) is 9.04. The number of hydrogen-bond donors (Lipinski definition) is 2. The van der Waals surface area contributed by atoms with Gasteiger partial charge in [0.05, 0.1) is 6.04 Å². The Morgan fingerprint density at radius 2 is 2.21 bits per heavy atom. The summed E-state index contributed by atoms with van der Waals surface area (Å²) in [5.41, 5.74) is 3.30. The lowest BCUT2D eigenvalue weighted by molar-refractivity contribution is -0.117. The van der Waals surface area contributed by atoms with Crippen molar-refractivity contribution in [3.05, 3.63) is 29.3 Å². The van der Waals surface area contributed by atoms with E-state index >= 15 is 0 Å². The van der Waals surface area contributed by atoms with Crippen LogP contribution in [0.1, 0.15) is 24.0 Å². The van der Waals surface area contributed by atoms with E-state index in [0.717, 1.165) is 31.6 Å². The van der Waals surface area contributed by atoms with Crippen molar-refractivity contribution in [2.75, 3.05) is 26.0 Å². The number of carbonyl (C=O) groups excluding carboxylic acids is 1. The van der Waals surface area contributed by atoms with Gasteiger partial charge in [0.15, 0.2) is 0 Å². The second kappa shape index (κ2) is 6.17. The third-order valence-corrected chi connectivity index (χ3v) is 3.28. The van der Waals surface area contributed by atoms with Crippen LogP contribution in [0.4, 0.5) is 5.69 Å². The molecule has 1 aromatic carbocycles. The van der Waals surface area contributed by atoms with Crippen LogP contribution >= 0.6 is 0 Å². The maximum Gasteiger partial charge on any atom is 0.241 e. The minimum absolute atomic E-state index is 0.0298. The van der Waals surface area contributed by atoms with Gasteiger partial charge in [-0.15, -0.1) is 0 Å². The van der Waals surface area contributed by atoms with Gasteiger partial charge in [-0.1, -0.05) is 6.07 Å². The molecule has 1 amide bonds. The molecule has 0 saturated carbocycles. The molecule has 0 aliphatic carbocycles. The van der Waals surface area contributed by atoms with Crippen molar-refractivity contribution in [2.45, 2.75) is 32.4 Å². The normalized spacial score (nSPS) is 18.8. The van der Waals surface area contributed by atoms with E-state index in [1.165, 1.54) is 11.1 Å². The summed E-state index contributed by atoms with van der Waals surface area (Å²) >= 11 is 0. The molecule has 0 radical (unpaired) electrons. The first-order valence-electron chi connectivity index (χ1n) is 6.84. The summed E-state index contributed by atoms with van der Waals surface area (Å²) < 4.78 is 0. The third kappa shape index (κ3) is 4.04. The molecule has 0 aromatic heterocycles. The minimum atomic E-state index is -0.0298. The zero-order valence-electron chi connectivity index (χ0n) is 12.0. The quantitative estimate of drug-likeness (QED) is 0.868. The van der Waals surface area contributed by atoms with E-state index in [2.05, 4.69) is 34.6 Å². The number of nitrogens with one attached hydrogen (secondary N) is 2. The maximum absolute atomic E-state index is 12.1. The molecule has 1 aromatic rings. The van der Waals surface area contributed by atoms with Crippen molar-refractivity contribution in [2.24, 2.45) is 0 Å². The van der Waals surface area contributed by atoms with Gasteiger partial charge in [-0.2, -0.15) is 0 Å². The van der Waals surface area contributed by atoms with Crippen LogP contribution in [0.5, 0.6) is 0 Å². The monoisotopic (exact) mass is 261 g/mol. The summed E-state index contributed by atoms with van der Waals surface area (Å²) in [6, 6.07) is 6.20. The van der Waals surface area contributed by atoms with Gasteiger partial charge in [0.2, 0.25) is 5.91 Å².